The van der Waals surface area contributed by atoms with Gasteiger partial charge in [0, 0.05) is 12.5 Å². The van der Waals surface area contributed by atoms with Crippen LogP contribution in [0.15, 0.2) is 30.4 Å². The molecule has 1 aromatic carbocycles. The number of ether oxygens (including phenoxy) is 3. The van der Waals surface area contributed by atoms with E-state index < -0.39 is 0 Å². The maximum absolute atomic E-state index is 11.7. The normalized spacial score (nSPS) is 18.8. The average molecular weight is 289 g/mol. The van der Waals surface area contributed by atoms with Crippen LogP contribution in [0.1, 0.15) is 19.3 Å². The molecule has 1 heterocycles. The summed E-state index contributed by atoms with van der Waals surface area (Å²) in [5.41, 5.74) is 0. The molecule has 1 aliphatic heterocycles. The standard InChI is InChI=1S/C16H19NO4/c18-16(9-12-3-1-2-4-12)17-7-8-19-13-5-6-14-15(10-13)21-11-20-14/h1,3,5-6,10,12H,2,4,7-9,11H2,(H,17,18)/t12-/m1/s1. The number of amides is 1. The van der Waals surface area contributed by atoms with Crippen molar-refractivity contribution >= 4 is 5.91 Å². The van der Waals surface area contributed by atoms with Crippen LogP contribution in [-0.2, 0) is 4.79 Å². The van der Waals surface area contributed by atoms with Crippen LogP contribution in [0.3, 0.4) is 0 Å². The molecular formula is C16H19NO4. The van der Waals surface area contributed by atoms with E-state index in [1.165, 1.54) is 0 Å². The fourth-order valence-corrected chi connectivity index (χ4v) is 2.50. The van der Waals surface area contributed by atoms with Gasteiger partial charge >= 0.3 is 0 Å². The number of hydrogen-bond acceptors (Lipinski definition) is 4. The number of allylic oxidation sites excluding steroid dienone is 2. The summed E-state index contributed by atoms with van der Waals surface area (Å²) in [6.45, 7) is 1.19. The second-order valence-electron chi connectivity index (χ2n) is 5.18. The van der Waals surface area contributed by atoms with Gasteiger partial charge in [0.2, 0.25) is 12.7 Å². The van der Waals surface area contributed by atoms with E-state index in [4.69, 9.17) is 14.2 Å². The summed E-state index contributed by atoms with van der Waals surface area (Å²) in [5, 5.41) is 2.88. The van der Waals surface area contributed by atoms with Gasteiger partial charge in [-0.2, -0.15) is 0 Å². The summed E-state index contributed by atoms with van der Waals surface area (Å²) in [6, 6.07) is 5.45. The quantitative estimate of drug-likeness (QED) is 0.645. The van der Waals surface area contributed by atoms with Gasteiger partial charge in [-0.25, -0.2) is 0 Å². The van der Waals surface area contributed by atoms with Crippen LogP contribution >= 0.6 is 0 Å². The van der Waals surface area contributed by atoms with Crippen LogP contribution in [0.4, 0.5) is 0 Å². The predicted octanol–water partition coefficient (Wildman–Crippen LogP) is 2.27. The van der Waals surface area contributed by atoms with Crippen LogP contribution in [0.2, 0.25) is 0 Å². The topological polar surface area (TPSA) is 56.8 Å². The van der Waals surface area contributed by atoms with Crippen LogP contribution in [-0.4, -0.2) is 25.9 Å². The molecule has 5 heteroatoms. The highest BCUT2D eigenvalue weighted by Crippen LogP contribution is 2.34. The van der Waals surface area contributed by atoms with Gasteiger partial charge in [0.15, 0.2) is 11.5 Å². The Hall–Kier alpha value is -2.17. The van der Waals surface area contributed by atoms with Gasteiger partial charge in [0.25, 0.3) is 0 Å². The van der Waals surface area contributed by atoms with Gasteiger partial charge in [0.1, 0.15) is 12.4 Å². The van der Waals surface area contributed by atoms with Gasteiger partial charge < -0.3 is 19.5 Å². The minimum absolute atomic E-state index is 0.0841. The van der Waals surface area contributed by atoms with E-state index in [0.29, 0.717) is 37.0 Å². The zero-order chi connectivity index (χ0) is 14.5. The Labute approximate surface area is 123 Å². The molecule has 1 atom stereocenters. The summed E-state index contributed by atoms with van der Waals surface area (Å²) in [7, 11) is 0. The lowest BCUT2D eigenvalue weighted by molar-refractivity contribution is -0.121. The van der Waals surface area contributed by atoms with Gasteiger partial charge in [-0.05, 0) is 30.9 Å². The van der Waals surface area contributed by atoms with E-state index in [9.17, 15) is 4.79 Å². The first-order valence-electron chi connectivity index (χ1n) is 7.27. The Morgan fingerprint density at radius 1 is 1.33 bits per heavy atom. The minimum atomic E-state index is 0.0841. The number of rotatable bonds is 6. The molecule has 0 saturated heterocycles. The second kappa shape index (κ2) is 6.52. The van der Waals surface area contributed by atoms with Crippen molar-refractivity contribution in [2.45, 2.75) is 19.3 Å². The maximum Gasteiger partial charge on any atom is 0.231 e. The molecule has 2 aliphatic rings. The SMILES string of the molecule is O=C(C[C@@H]1C=CCC1)NCCOc1ccc2c(c1)OCO2. The van der Waals surface area contributed by atoms with Crippen LogP contribution < -0.4 is 19.5 Å². The first-order chi connectivity index (χ1) is 10.3. The Balaban J connectivity index is 1.36. The number of carbonyl (C=O) groups is 1. The molecule has 0 spiro atoms. The molecule has 1 amide bonds. The number of hydrogen-bond donors (Lipinski definition) is 1. The molecule has 1 aliphatic carbocycles. The Bertz CT molecular complexity index is 541. The summed E-state index contributed by atoms with van der Waals surface area (Å²) < 4.78 is 16.1. The molecule has 1 aromatic rings. The van der Waals surface area contributed by atoms with Crippen molar-refractivity contribution < 1.29 is 19.0 Å². The first kappa shape index (κ1) is 13.8. The molecule has 21 heavy (non-hydrogen) atoms. The maximum atomic E-state index is 11.7. The van der Waals surface area contributed by atoms with Crippen molar-refractivity contribution in [3.63, 3.8) is 0 Å². The predicted molar refractivity (Wildman–Crippen MR) is 77.6 cm³/mol. The van der Waals surface area contributed by atoms with E-state index in [0.717, 1.165) is 18.6 Å². The minimum Gasteiger partial charge on any atom is -0.492 e. The molecule has 0 radical (unpaired) electrons. The van der Waals surface area contributed by atoms with Crippen molar-refractivity contribution in [3.8, 4) is 17.2 Å². The molecule has 0 saturated carbocycles. The van der Waals surface area contributed by atoms with E-state index in [1.807, 2.05) is 12.1 Å². The third-order valence-electron chi connectivity index (χ3n) is 3.60. The highest BCUT2D eigenvalue weighted by molar-refractivity contribution is 5.76. The van der Waals surface area contributed by atoms with Gasteiger partial charge in [-0.15, -0.1) is 0 Å². The van der Waals surface area contributed by atoms with Crippen molar-refractivity contribution in [2.75, 3.05) is 19.9 Å². The number of benzene rings is 1. The van der Waals surface area contributed by atoms with Crippen LogP contribution in [0.25, 0.3) is 0 Å². The Morgan fingerprint density at radius 2 is 2.24 bits per heavy atom. The number of nitrogens with one attached hydrogen (secondary N) is 1. The largest absolute Gasteiger partial charge is 0.492 e. The molecule has 1 N–H and O–H groups in total. The van der Waals surface area contributed by atoms with E-state index >= 15 is 0 Å². The fraction of sp³-hybridized carbons (Fsp3) is 0.438. The monoisotopic (exact) mass is 289 g/mol. The van der Waals surface area contributed by atoms with Crippen molar-refractivity contribution in [1.29, 1.82) is 0 Å². The molecule has 0 aromatic heterocycles. The van der Waals surface area contributed by atoms with Gasteiger partial charge in [-0.1, -0.05) is 12.2 Å². The molecule has 3 rings (SSSR count). The molecule has 0 fully saturated rings. The molecular weight excluding hydrogens is 270 g/mol. The van der Waals surface area contributed by atoms with E-state index in [-0.39, 0.29) is 12.7 Å². The average Bonchev–Trinajstić information content (AvgIpc) is 3.14. The van der Waals surface area contributed by atoms with Crippen molar-refractivity contribution in [1.82, 2.24) is 5.32 Å². The first-order valence-corrected chi connectivity index (χ1v) is 7.27. The van der Waals surface area contributed by atoms with E-state index in [2.05, 4.69) is 17.5 Å². The Morgan fingerprint density at radius 3 is 3.10 bits per heavy atom. The third kappa shape index (κ3) is 3.68. The Kier molecular flexibility index (Phi) is 4.28. The summed E-state index contributed by atoms with van der Waals surface area (Å²) in [4.78, 5) is 11.7. The van der Waals surface area contributed by atoms with Crippen LogP contribution in [0.5, 0.6) is 17.2 Å². The molecule has 0 bridgehead atoms. The lowest BCUT2D eigenvalue weighted by atomic mass is 10.1. The number of carbonyl (C=O) groups excluding carboxylic acids is 1. The zero-order valence-corrected chi connectivity index (χ0v) is 11.8. The summed E-state index contributed by atoms with van der Waals surface area (Å²) >= 11 is 0. The molecule has 112 valence electrons. The zero-order valence-electron chi connectivity index (χ0n) is 11.8. The van der Waals surface area contributed by atoms with Crippen molar-refractivity contribution in [3.05, 3.63) is 30.4 Å². The lowest BCUT2D eigenvalue weighted by Crippen LogP contribution is -2.29. The highest BCUT2D eigenvalue weighted by atomic mass is 16.7. The molecule has 5 nitrogen and oxygen atoms in total. The molecule has 0 unspecified atom stereocenters. The van der Waals surface area contributed by atoms with Crippen LogP contribution in [0, 0.1) is 5.92 Å². The summed E-state index contributed by atoms with van der Waals surface area (Å²) in [5.74, 6) is 2.64. The fourth-order valence-electron chi connectivity index (χ4n) is 2.50. The number of fused-ring (bicyclic) bond motifs is 1. The van der Waals surface area contributed by atoms with Gasteiger partial charge in [0.05, 0.1) is 6.54 Å². The highest BCUT2D eigenvalue weighted by Gasteiger charge is 2.14. The summed E-state index contributed by atoms with van der Waals surface area (Å²) in [6.07, 6.45) is 7.01. The van der Waals surface area contributed by atoms with Gasteiger partial charge in [-0.3, -0.25) is 4.79 Å². The smallest absolute Gasteiger partial charge is 0.231 e. The second-order valence-corrected chi connectivity index (χ2v) is 5.18. The third-order valence-corrected chi connectivity index (χ3v) is 3.60. The lowest BCUT2D eigenvalue weighted by Gasteiger charge is -2.10. The van der Waals surface area contributed by atoms with Crippen molar-refractivity contribution in [2.24, 2.45) is 5.92 Å². The van der Waals surface area contributed by atoms with E-state index in [1.54, 1.807) is 6.07 Å².